The van der Waals surface area contributed by atoms with E-state index in [4.69, 9.17) is 14.2 Å². The summed E-state index contributed by atoms with van der Waals surface area (Å²) in [6, 6.07) is 19.5. The molecule has 32 heavy (non-hydrogen) atoms. The van der Waals surface area contributed by atoms with E-state index in [0.29, 0.717) is 33.9 Å². The Bertz CT molecular complexity index is 1210. The zero-order valence-corrected chi connectivity index (χ0v) is 18.5. The minimum absolute atomic E-state index is 0.00334. The molecule has 0 amide bonds. The van der Waals surface area contributed by atoms with Crippen molar-refractivity contribution in [3.8, 4) is 17.2 Å². The fourth-order valence-corrected chi connectivity index (χ4v) is 3.39. The van der Waals surface area contributed by atoms with Crippen LogP contribution < -0.4 is 14.2 Å². The van der Waals surface area contributed by atoms with Crippen LogP contribution in [0.3, 0.4) is 0 Å². The van der Waals surface area contributed by atoms with Crippen molar-refractivity contribution >= 4 is 17.8 Å². The first-order chi connectivity index (χ1) is 15.3. The molecule has 0 saturated carbocycles. The Morgan fingerprint density at radius 3 is 2.38 bits per heavy atom. The number of para-hydroxylation sites is 1. The molecule has 5 heteroatoms. The highest BCUT2D eigenvalue weighted by Crippen LogP contribution is 2.35. The van der Waals surface area contributed by atoms with E-state index in [2.05, 4.69) is 20.8 Å². The number of allylic oxidation sites excluding steroid dienone is 1. The Balaban J connectivity index is 1.57. The maximum Gasteiger partial charge on any atom is 0.343 e. The molecule has 0 bridgehead atoms. The van der Waals surface area contributed by atoms with Crippen LogP contribution in [0.1, 0.15) is 52.6 Å². The summed E-state index contributed by atoms with van der Waals surface area (Å²) in [7, 11) is 1.55. The third kappa shape index (κ3) is 4.28. The van der Waals surface area contributed by atoms with Gasteiger partial charge < -0.3 is 14.2 Å². The van der Waals surface area contributed by atoms with Crippen molar-refractivity contribution in [3.63, 3.8) is 0 Å². The van der Waals surface area contributed by atoms with Crippen LogP contribution in [0, 0.1) is 0 Å². The van der Waals surface area contributed by atoms with Gasteiger partial charge in [-0.25, -0.2) is 4.79 Å². The van der Waals surface area contributed by atoms with Crippen LogP contribution in [0.25, 0.3) is 6.08 Å². The molecule has 3 aromatic carbocycles. The Kier molecular flexibility index (Phi) is 5.57. The number of benzene rings is 3. The van der Waals surface area contributed by atoms with E-state index < -0.39 is 5.97 Å². The molecule has 0 unspecified atom stereocenters. The number of ether oxygens (including phenoxy) is 3. The van der Waals surface area contributed by atoms with Gasteiger partial charge in [-0.15, -0.1) is 0 Å². The Morgan fingerprint density at radius 1 is 0.969 bits per heavy atom. The van der Waals surface area contributed by atoms with Crippen LogP contribution in [0.4, 0.5) is 0 Å². The van der Waals surface area contributed by atoms with Gasteiger partial charge in [0.25, 0.3) is 0 Å². The van der Waals surface area contributed by atoms with E-state index in [1.165, 1.54) is 0 Å². The molecule has 4 rings (SSSR count). The Labute approximate surface area is 187 Å². The number of rotatable bonds is 4. The summed E-state index contributed by atoms with van der Waals surface area (Å²) in [5.74, 6) is 0.837. The van der Waals surface area contributed by atoms with Gasteiger partial charge in [-0.1, -0.05) is 51.1 Å². The molecule has 3 aromatic rings. The topological polar surface area (TPSA) is 61.8 Å². The van der Waals surface area contributed by atoms with Gasteiger partial charge in [0.15, 0.2) is 5.76 Å². The van der Waals surface area contributed by atoms with Gasteiger partial charge in [0, 0.05) is 11.6 Å². The molecule has 0 aromatic heterocycles. The van der Waals surface area contributed by atoms with Crippen molar-refractivity contribution in [1.29, 1.82) is 0 Å². The highest BCUT2D eigenvalue weighted by atomic mass is 16.5. The SMILES string of the molecule is COc1ccc2c(c1)O/C(=C\c1ccccc1OC(=O)c1ccc(C(C)(C)C)cc1)C2=O. The lowest BCUT2D eigenvalue weighted by atomic mass is 9.87. The number of carbonyl (C=O) groups is 2. The molecule has 1 aliphatic rings. The van der Waals surface area contributed by atoms with E-state index in [0.717, 1.165) is 5.56 Å². The average molecular weight is 428 g/mol. The monoisotopic (exact) mass is 428 g/mol. The number of ketones is 1. The zero-order valence-electron chi connectivity index (χ0n) is 18.5. The molecule has 0 N–H and O–H groups in total. The molecule has 5 nitrogen and oxygen atoms in total. The Morgan fingerprint density at radius 2 is 1.69 bits per heavy atom. The largest absolute Gasteiger partial charge is 0.497 e. The number of hydrogen-bond acceptors (Lipinski definition) is 5. The second-order valence-corrected chi connectivity index (χ2v) is 8.56. The molecule has 0 radical (unpaired) electrons. The number of fused-ring (bicyclic) bond motifs is 1. The maximum absolute atomic E-state index is 12.7. The highest BCUT2D eigenvalue weighted by molar-refractivity contribution is 6.14. The molecule has 0 spiro atoms. The summed E-state index contributed by atoms with van der Waals surface area (Å²) in [6.45, 7) is 6.35. The second kappa shape index (κ2) is 8.35. The molecule has 0 saturated heterocycles. The van der Waals surface area contributed by atoms with Crippen LogP contribution in [0.2, 0.25) is 0 Å². The molecule has 0 atom stereocenters. The predicted octanol–water partition coefficient (Wildman–Crippen LogP) is 5.83. The molecule has 1 aliphatic heterocycles. The first-order valence-electron chi connectivity index (χ1n) is 10.3. The summed E-state index contributed by atoms with van der Waals surface area (Å²) in [6.07, 6.45) is 1.58. The zero-order chi connectivity index (χ0) is 22.9. The third-order valence-corrected chi connectivity index (χ3v) is 5.27. The van der Waals surface area contributed by atoms with Gasteiger partial charge >= 0.3 is 5.97 Å². The standard InChI is InChI=1S/C27H24O5/c1-27(2,3)19-11-9-17(10-12-19)26(29)32-22-8-6-5-7-18(22)15-24-25(28)21-14-13-20(30-4)16-23(21)31-24/h5-16H,1-4H3/b24-15-. The lowest BCUT2D eigenvalue weighted by Crippen LogP contribution is -2.13. The van der Waals surface area contributed by atoms with Gasteiger partial charge in [-0.3, -0.25) is 4.79 Å². The average Bonchev–Trinajstić information content (AvgIpc) is 3.09. The van der Waals surface area contributed by atoms with Crippen molar-refractivity contribution < 1.29 is 23.8 Å². The number of esters is 1. The first-order valence-corrected chi connectivity index (χ1v) is 10.3. The van der Waals surface area contributed by atoms with E-state index in [9.17, 15) is 9.59 Å². The quantitative estimate of drug-likeness (QED) is 0.297. The van der Waals surface area contributed by atoms with Crippen LogP contribution in [-0.2, 0) is 5.41 Å². The van der Waals surface area contributed by atoms with E-state index >= 15 is 0 Å². The summed E-state index contributed by atoms with van der Waals surface area (Å²) in [5, 5.41) is 0. The second-order valence-electron chi connectivity index (χ2n) is 8.56. The fourth-order valence-electron chi connectivity index (χ4n) is 3.39. The van der Waals surface area contributed by atoms with Crippen molar-refractivity contribution in [3.05, 3.63) is 94.7 Å². The summed E-state index contributed by atoms with van der Waals surface area (Å²) >= 11 is 0. The van der Waals surface area contributed by atoms with E-state index in [1.807, 2.05) is 12.1 Å². The number of carbonyl (C=O) groups excluding carboxylic acids is 2. The molecule has 0 fully saturated rings. The first kappa shape index (κ1) is 21.4. The molecule has 0 aliphatic carbocycles. The van der Waals surface area contributed by atoms with Gasteiger partial charge in [-0.2, -0.15) is 0 Å². The van der Waals surface area contributed by atoms with Crippen LogP contribution in [-0.4, -0.2) is 18.9 Å². The number of Topliss-reactive ketones (excluding diaryl/α,β-unsaturated/α-hetero) is 1. The Hall–Kier alpha value is -3.86. The van der Waals surface area contributed by atoms with Gasteiger partial charge in [0.1, 0.15) is 17.2 Å². The number of methoxy groups -OCH3 is 1. The molecule has 162 valence electrons. The summed E-state index contributed by atoms with van der Waals surface area (Å²) < 4.78 is 16.6. The predicted molar refractivity (Wildman–Crippen MR) is 122 cm³/mol. The van der Waals surface area contributed by atoms with E-state index in [-0.39, 0.29) is 17.0 Å². The van der Waals surface area contributed by atoms with Crippen molar-refractivity contribution in [1.82, 2.24) is 0 Å². The van der Waals surface area contributed by atoms with Crippen LogP contribution in [0.5, 0.6) is 17.2 Å². The summed E-state index contributed by atoms with van der Waals surface area (Å²) in [4.78, 5) is 25.4. The van der Waals surface area contributed by atoms with Crippen molar-refractivity contribution in [2.45, 2.75) is 26.2 Å². The smallest absolute Gasteiger partial charge is 0.343 e. The fraction of sp³-hybridized carbons (Fsp3) is 0.185. The van der Waals surface area contributed by atoms with Gasteiger partial charge in [0.2, 0.25) is 5.78 Å². The van der Waals surface area contributed by atoms with Crippen LogP contribution >= 0.6 is 0 Å². The number of hydrogen-bond donors (Lipinski definition) is 0. The minimum Gasteiger partial charge on any atom is -0.497 e. The highest BCUT2D eigenvalue weighted by Gasteiger charge is 2.28. The lowest BCUT2D eigenvalue weighted by Gasteiger charge is -2.19. The maximum atomic E-state index is 12.7. The molecule has 1 heterocycles. The van der Waals surface area contributed by atoms with Crippen LogP contribution in [0.15, 0.2) is 72.5 Å². The van der Waals surface area contributed by atoms with Gasteiger partial charge in [0.05, 0.1) is 18.2 Å². The van der Waals surface area contributed by atoms with Crippen molar-refractivity contribution in [2.75, 3.05) is 7.11 Å². The molecular weight excluding hydrogens is 404 g/mol. The molecular formula is C27H24O5. The normalized spacial score (nSPS) is 14.1. The van der Waals surface area contributed by atoms with Crippen molar-refractivity contribution in [2.24, 2.45) is 0 Å². The summed E-state index contributed by atoms with van der Waals surface area (Å²) in [5.41, 5.74) is 2.61. The lowest BCUT2D eigenvalue weighted by molar-refractivity contribution is 0.0734. The van der Waals surface area contributed by atoms with Gasteiger partial charge in [-0.05, 0) is 47.4 Å². The third-order valence-electron chi connectivity index (χ3n) is 5.27. The van der Waals surface area contributed by atoms with E-state index in [1.54, 1.807) is 67.8 Å². The minimum atomic E-state index is -0.469.